The summed E-state index contributed by atoms with van der Waals surface area (Å²) in [5.41, 5.74) is 1.11. The summed E-state index contributed by atoms with van der Waals surface area (Å²) in [5, 5.41) is 6.93. The average Bonchev–Trinajstić information content (AvgIpc) is 3.15. The molecule has 0 saturated carbocycles. The van der Waals surface area contributed by atoms with Crippen LogP contribution in [0.5, 0.6) is 11.5 Å². The van der Waals surface area contributed by atoms with Gasteiger partial charge in [-0.2, -0.15) is 0 Å². The number of hydrogen-bond donors (Lipinski definition) is 2. The minimum atomic E-state index is 0. The molecule has 1 aromatic rings. The third kappa shape index (κ3) is 6.89. The summed E-state index contributed by atoms with van der Waals surface area (Å²) in [6, 6.07) is 6.51. The van der Waals surface area contributed by atoms with Crippen LogP contribution >= 0.6 is 24.0 Å². The van der Waals surface area contributed by atoms with Crippen molar-refractivity contribution in [1.29, 1.82) is 0 Å². The number of piperazine rings is 1. The van der Waals surface area contributed by atoms with Crippen LogP contribution in [0.3, 0.4) is 0 Å². The summed E-state index contributed by atoms with van der Waals surface area (Å²) < 4.78 is 10.8. The number of guanidine groups is 1. The molecule has 164 valence electrons. The van der Waals surface area contributed by atoms with Gasteiger partial charge in [-0.15, -0.1) is 24.0 Å². The standard InChI is InChI=1S/C21H35N5O2.HI/c1-5-22-21(23-13-17-6-7-19-20(12-17)28-15-27-19)24-14-18(16(2)3)26-10-8-25(4)9-11-26;/h6-7,12,16,18H,5,8-11,13-15H2,1-4H3,(H2,22,23,24);1H. The van der Waals surface area contributed by atoms with Crippen molar-refractivity contribution >= 4 is 29.9 Å². The van der Waals surface area contributed by atoms with Gasteiger partial charge in [-0.25, -0.2) is 4.99 Å². The Morgan fingerprint density at radius 2 is 1.83 bits per heavy atom. The number of likely N-dealkylation sites (N-methyl/N-ethyl adjacent to an activating group) is 1. The van der Waals surface area contributed by atoms with E-state index < -0.39 is 0 Å². The van der Waals surface area contributed by atoms with Crippen molar-refractivity contribution in [3.8, 4) is 11.5 Å². The Bertz CT molecular complexity index is 662. The highest BCUT2D eigenvalue weighted by molar-refractivity contribution is 14.0. The van der Waals surface area contributed by atoms with Crippen LogP contribution in [-0.4, -0.2) is 74.9 Å². The number of rotatable bonds is 7. The Kier molecular flexibility index (Phi) is 9.78. The van der Waals surface area contributed by atoms with Crippen molar-refractivity contribution in [2.24, 2.45) is 10.9 Å². The molecule has 1 unspecified atom stereocenters. The van der Waals surface area contributed by atoms with E-state index in [9.17, 15) is 0 Å². The second kappa shape index (κ2) is 11.8. The maximum absolute atomic E-state index is 5.46. The molecule has 0 aromatic heterocycles. The number of benzene rings is 1. The molecule has 1 saturated heterocycles. The van der Waals surface area contributed by atoms with Crippen LogP contribution in [0.25, 0.3) is 0 Å². The maximum atomic E-state index is 5.46. The summed E-state index contributed by atoms with van der Waals surface area (Å²) in [5.74, 6) is 3.07. The minimum Gasteiger partial charge on any atom is -0.454 e. The Morgan fingerprint density at radius 1 is 1.10 bits per heavy atom. The molecule has 1 aromatic carbocycles. The molecule has 0 bridgehead atoms. The molecule has 7 nitrogen and oxygen atoms in total. The Morgan fingerprint density at radius 3 is 2.52 bits per heavy atom. The van der Waals surface area contributed by atoms with E-state index in [0.717, 1.165) is 62.3 Å². The lowest BCUT2D eigenvalue weighted by Gasteiger charge is -2.40. The number of nitrogens with one attached hydrogen (secondary N) is 2. The van der Waals surface area contributed by atoms with Crippen molar-refractivity contribution in [3.63, 3.8) is 0 Å². The van der Waals surface area contributed by atoms with Crippen LogP contribution in [0.2, 0.25) is 0 Å². The second-order valence-corrected chi connectivity index (χ2v) is 7.91. The van der Waals surface area contributed by atoms with Gasteiger partial charge in [-0.05, 0) is 37.6 Å². The molecule has 8 heteroatoms. The van der Waals surface area contributed by atoms with Crippen molar-refractivity contribution in [2.75, 3.05) is 53.1 Å². The molecule has 29 heavy (non-hydrogen) atoms. The summed E-state index contributed by atoms with van der Waals surface area (Å²) in [6.07, 6.45) is 0. The zero-order chi connectivity index (χ0) is 19.9. The summed E-state index contributed by atoms with van der Waals surface area (Å²) in [6.45, 7) is 13.9. The molecule has 2 aliphatic heterocycles. The van der Waals surface area contributed by atoms with Gasteiger partial charge in [-0.1, -0.05) is 19.9 Å². The molecule has 2 aliphatic rings. The first-order chi connectivity index (χ1) is 13.6. The molecule has 2 heterocycles. The SMILES string of the molecule is CCNC(=NCc1ccc2c(c1)OCO2)NCC(C(C)C)N1CCN(C)CC1.I. The lowest BCUT2D eigenvalue weighted by Crippen LogP contribution is -2.55. The minimum absolute atomic E-state index is 0. The van der Waals surface area contributed by atoms with Crippen molar-refractivity contribution in [1.82, 2.24) is 20.4 Å². The van der Waals surface area contributed by atoms with Gasteiger partial charge in [0.2, 0.25) is 6.79 Å². The Hall–Kier alpha value is -1.26. The zero-order valence-electron chi connectivity index (χ0n) is 18.1. The normalized spacial score (nSPS) is 18.4. The van der Waals surface area contributed by atoms with Crippen LogP contribution in [0, 0.1) is 5.92 Å². The number of aliphatic imine (C=N–C) groups is 1. The smallest absolute Gasteiger partial charge is 0.231 e. The number of halogens is 1. The molecule has 0 aliphatic carbocycles. The summed E-state index contributed by atoms with van der Waals surface area (Å²) >= 11 is 0. The first-order valence-electron chi connectivity index (χ1n) is 10.4. The molecule has 3 rings (SSSR count). The Labute approximate surface area is 192 Å². The van der Waals surface area contributed by atoms with E-state index >= 15 is 0 Å². The maximum Gasteiger partial charge on any atom is 0.231 e. The fraction of sp³-hybridized carbons (Fsp3) is 0.667. The third-order valence-corrected chi connectivity index (χ3v) is 5.46. The zero-order valence-corrected chi connectivity index (χ0v) is 20.4. The van der Waals surface area contributed by atoms with Gasteiger partial charge in [0.05, 0.1) is 6.54 Å². The molecule has 0 radical (unpaired) electrons. The molecule has 0 amide bonds. The van der Waals surface area contributed by atoms with Crippen LogP contribution in [0.4, 0.5) is 0 Å². The predicted octanol–water partition coefficient (Wildman–Crippen LogP) is 2.36. The monoisotopic (exact) mass is 517 g/mol. The van der Waals surface area contributed by atoms with Gasteiger partial charge in [0.25, 0.3) is 0 Å². The second-order valence-electron chi connectivity index (χ2n) is 7.91. The highest BCUT2D eigenvalue weighted by Crippen LogP contribution is 2.32. The van der Waals surface area contributed by atoms with Gasteiger partial charge in [0.15, 0.2) is 17.5 Å². The van der Waals surface area contributed by atoms with Gasteiger partial charge in [0.1, 0.15) is 0 Å². The summed E-state index contributed by atoms with van der Waals surface area (Å²) in [4.78, 5) is 9.78. The molecule has 1 atom stereocenters. The molecule has 2 N–H and O–H groups in total. The highest BCUT2D eigenvalue weighted by Gasteiger charge is 2.25. The number of hydrogen-bond acceptors (Lipinski definition) is 5. The van der Waals surface area contributed by atoms with E-state index in [1.165, 1.54) is 0 Å². The number of fused-ring (bicyclic) bond motifs is 1. The highest BCUT2D eigenvalue weighted by atomic mass is 127. The number of ether oxygens (including phenoxy) is 2. The van der Waals surface area contributed by atoms with Crippen LogP contribution in [0.1, 0.15) is 26.3 Å². The fourth-order valence-corrected chi connectivity index (χ4v) is 3.69. The van der Waals surface area contributed by atoms with E-state index in [1.54, 1.807) is 0 Å². The van der Waals surface area contributed by atoms with E-state index in [-0.39, 0.29) is 24.0 Å². The van der Waals surface area contributed by atoms with E-state index in [0.29, 0.717) is 25.3 Å². The van der Waals surface area contributed by atoms with Gasteiger partial charge >= 0.3 is 0 Å². The van der Waals surface area contributed by atoms with E-state index in [2.05, 4.69) is 48.3 Å². The largest absolute Gasteiger partial charge is 0.454 e. The first-order valence-corrected chi connectivity index (χ1v) is 10.4. The molecular weight excluding hydrogens is 481 g/mol. The fourth-order valence-electron chi connectivity index (χ4n) is 3.69. The van der Waals surface area contributed by atoms with Crippen molar-refractivity contribution in [3.05, 3.63) is 23.8 Å². The predicted molar refractivity (Wildman–Crippen MR) is 128 cm³/mol. The van der Waals surface area contributed by atoms with Gasteiger partial charge in [0, 0.05) is 45.3 Å². The lowest BCUT2D eigenvalue weighted by molar-refractivity contribution is 0.0900. The Balaban J connectivity index is 0.00000300. The lowest BCUT2D eigenvalue weighted by atomic mass is 10.0. The molecule has 1 fully saturated rings. The topological polar surface area (TPSA) is 61.4 Å². The quantitative estimate of drug-likeness (QED) is 0.329. The van der Waals surface area contributed by atoms with Crippen molar-refractivity contribution in [2.45, 2.75) is 33.4 Å². The van der Waals surface area contributed by atoms with Crippen LogP contribution < -0.4 is 20.1 Å². The van der Waals surface area contributed by atoms with Crippen LogP contribution in [-0.2, 0) is 6.54 Å². The van der Waals surface area contributed by atoms with Gasteiger partial charge in [-0.3, -0.25) is 4.90 Å². The average molecular weight is 517 g/mol. The van der Waals surface area contributed by atoms with Crippen LogP contribution in [0.15, 0.2) is 23.2 Å². The van der Waals surface area contributed by atoms with Gasteiger partial charge < -0.3 is 25.0 Å². The number of nitrogens with zero attached hydrogens (tertiary/aromatic N) is 3. The third-order valence-electron chi connectivity index (χ3n) is 5.46. The first kappa shape index (κ1) is 24.0. The van der Waals surface area contributed by atoms with Crippen molar-refractivity contribution < 1.29 is 9.47 Å². The molecular formula is C21H36IN5O2. The summed E-state index contributed by atoms with van der Waals surface area (Å²) in [7, 11) is 2.20. The van der Waals surface area contributed by atoms with E-state index in [4.69, 9.17) is 14.5 Å². The van der Waals surface area contributed by atoms with E-state index in [1.807, 2.05) is 18.2 Å². The molecule has 0 spiro atoms.